The summed E-state index contributed by atoms with van der Waals surface area (Å²) in [6, 6.07) is 1.74. The van der Waals surface area contributed by atoms with Gasteiger partial charge in [0.05, 0.1) is 0 Å². The molecule has 0 spiro atoms. The lowest BCUT2D eigenvalue weighted by Crippen LogP contribution is -2.26. The van der Waals surface area contributed by atoms with Gasteiger partial charge in [-0.15, -0.1) is 0 Å². The van der Waals surface area contributed by atoms with E-state index >= 15 is 0 Å². The van der Waals surface area contributed by atoms with Crippen molar-refractivity contribution in [1.82, 2.24) is 15.3 Å². The number of hydrogen-bond donors (Lipinski definition) is 1. The van der Waals surface area contributed by atoms with Crippen LogP contribution in [0.4, 0.5) is 5.82 Å². The average Bonchev–Trinajstić information content (AvgIpc) is 2.42. The van der Waals surface area contributed by atoms with Crippen LogP contribution in [-0.2, 0) is 0 Å². The van der Waals surface area contributed by atoms with Crippen molar-refractivity contribution in [2.45, 2.75) is 33.1 Å². The van der Waals surface area contributed by atoms with Gasteiger partial charge in [-0.1, -0.05) is 20.3 Å². The van der Waals surface area contributed by atoms with Crippen molar-refractivity contribution in [3.05, 3.63) is 18.1 Å². The highest BCUT2D eigenvalue weighted by molar-refractivity contribution is 5.92. The summed E-state index contributed by atoms with van der Waals surface area (Å²) in [6.07, 6.45) is 4.61. The van der Waals surface area contributed by atoms with Crippen molar-refractivity contribution >= 4 is 11.7 Å². The van der Waals surface area contributed by atoms with E-state index < -0.39 is 0 Å². The zero-order chi connectivity index (χ0) is 13.4. The molecule has 0 atom stereocenters. The standard InChI is InChI=1S/C13H22N4O/c1-4-6-8-17(3)12-9-11(15-10-16-12)13(18)14-7-5-2/h9-10H,4-8H2,1-3H3,(H,14,18). The molecule has 1 N–H and O–H groups in total. The first-order chi connectivity index (χ1) is 8.69. The summed E-state index contributed by atoms with van der Waals surface area (Å²) in [4.78, 5) is 22.0. The minimum absolute atomic E-state index is 0.135. The van der Waals surface area contributed by atoms with E-state index in [-0.39, 0.29) is 5.91 Å². The first-order valence-corrected chi connectivity index (χ1v) is 6.50. The van der Waals surface area contributed by atoms with Crippen molar-refractivity contribution in [3.8, 4) is 0 Å². The Morgan fingerprint density at radius 3 is 2.78 bits per heavy atom. The average molecular weight is 250 g/mol. The number of anilines is 1. The van der Waals surface area contributed by atoms with Gasteiger partial charge >= 0.3 is 0 Å². The lowest BCUT2D eigenvalue weighted by atomic mass is 10.3. The Labute approximate surface area is 109 Å². The SMILES string of the molecule is CCCCN(C)c1cc(C(=O)NCCC)ncn1. The van der Waals surface area contributed by atoms with Crippen LogP contribution in [0.5, 0.6) is 0 Å². The van der Waals surface area contributed by atoms with E-state index in [0.717, 1.165) is 31.6 Å². The summed E-state index contributed by atoms with van der Waals surface area (Å²) in [6.45, 7) is 5.77. The van der Waals surface area contributed by atoms with E-state index in [4.69, 9.17) is 0 Å². The Morgan fingerprint density at radius 1 is 1.33 bits per heavy atom. The van der Waals surface area contributed by atoms with Crippen LogP contribution in [0.2, 0.25) is 0 Å². The molecule has 5 nitrogen and oxygen atoms in total. The lowest BCUT2D eigenvalue weighted by Gasteiger charge is -2.17. The summed E-state index contributed by atoms with van der Waals surface area (Å²) in [5, 5.41) is 2.81. The van der Waals surface area contributed by atoms with E-state index in [1.807, 2.05) is 18.9 Å². The van der Waals surface area contributed by atoms with Gasteiger partial charge in [-0.2, -0.15) is 0 Å². The predicted octanol–water partition coefficient (Wildman–Crippen LogP) is 1.85. The third-order valence-corrected chi connectivity index (χ3v) is 2.66. The zero-order valence-electron chi connectivity index (χ0n) is 11.4. The summed E-state index contributed by atoms with van der Waals surface area (Å²) in [5.74, 6) is 0.657. The van der Waals surface area contributed by atoms with Crippen LogP contribution in [0, 0.1) is 0 Å². The number of nitrogens with one attached hydrogen (secondary N) is 1. The second-order valence-corrected chi connectivity index (χ2v) is 4.29. The van der Waals surface area contributed by atoms with E-state index in [1.54, 1.807) is 6.07 Å². The lowest BCUT2D eigenvalue weighted by molar-refractivity contribution is 0.0948. The summed E-state index contributed by atoms with van der Waals surface area (Å²) in [7, 11) is 1.98. The Morgan fingerprint density at radius 2 is 2.11 bits per heavy atom. The highest BCUT2D eigenvalue weighted by Crippen LogP contribution is 2.10. The van der Waals surface area contributed by atoms with Gasteiger partial charge in [-0.3, -0.25) is 4.79 Å². The number of amides is 1. The van der Waals surface area contributed by atoms with Gasteiger partial charge in [0.15, 0.2) is 0 Å². The molecule has 0 unspecified atom stereocenters. The maximum absolute atomic E-state index is 11.8. The monoisotopic (exact) mass is 250 g/mol. The molecule has 0 aromatic carbocycles. The number of carbonyl (C=O) groups excluding carboxylic acids is 1. The molecule has 0 aliphatic heterocycles. The van der Waals surface area contributed by atoms with Crippen LogP contribution in [-0.4, -0.2) is 36.0 Å². The number of unbranched alkanes of at least 4 members (excludes halogenated alkanes) is 1. The second-order valence-electron chi connectivity index (χ2n) is 4.29. The highest BCUT2D eigenvalue weighted by atomic mass is 16.1. The van der Waals surface area contributed by atoms with Gasteiger partial charge in [-0.05, 0) is 12.8 Å². The molecule has 1 aromatic heterocycles. The van der Waals surface area contributed by atoms with E-state index in [0.29, 0.717) is 12.2 Å². The molecule has 0 radical (unpaired) electrons. The van der Waals surface area contributed by atoms with Gasteiger partial charge in [0.25, 0.3) is 5.91 Å². The molecule has 0 aliphatic rings. The van der Waals surface area contributed by atoms with Crippen LogP contribution in [0.25, 0.3) is 0 Å². The molecular weight excluding hydrogens is 228 g/mol. The fourth-order valence-electron chi connectivity index (χ4n) is 1.52. The van der Waals surface area contributed by atoms with Crippen molar-refractivity contribution in [3.63, 3.8) is 0 Å². The Hall–Kier alpha value is -1.65. The molecule has 1 aromatic rings. The Kier molecular flexibility index (Phi) is 6.11. The zero-order valence-corrected chi connectivity index (χ0v) is 11.4. The number of rotatable bonds is 7. The van der Waals surface area contributed by atoms with Gasteiger partial charge in [0.1, 0.15) is 17.8 Å². The number of carbonyl (C=O) groups is 1. The molecule has 1 heterocycles. The molecule has 0 saturated carbocycles. The van der Waals surface area contributed by atoms with Crippen LogP contribution >= 0.6 is 0 Å². The Bertz CT molecular complexity index is 381. The van der Waals surface area contributed by atoms with Gasteiger partial charge in [-0.25, -0.2) is 9.97 Å². The maximum atomic E-state index is 11.8. The Balaban J connectivity index is 2.69. The third-order valence-electron chi connectivity index (χ3n) is 2.66. The van der Waals surface area contributed by atoms with Gasteiger partial charge in [0, 0.05) is 26.2 Å². The maximum Gasteiger partial charge on any atom is 0.270 e. The van der Waals surface area contributed by atoms with E-state index in [1.165, 1.54) is 6.33 Å². The van der Waals surface area contributed by atoms with Crippen LogP contribution in [0.3, 0.4) is 0 Å². The fourth-order valence-corrected chi connectivity index (χ4v) is 1.52. The first-order valence-electron chi connectivity index (χ1n) is 6.50. The number of aromatic nitrogens is 2. The molecule has 0 saturated heterocycles. The van der Waals surface area contributed by atoms with Crippen molar-refractivity contribution < 1.29 is 4.79 Å². The van der Waals surface area contributed by atoms with Crippen LogP contribution < -0.4 is 10.2 Å². The van der Waals surface area contributed by atoms with Crippen molar-refractivity contribution in [1.29, 1.82) is 0 Å². The van der Waals surface area contributed by atoms with Crippen LogP contribution in [0.15, 0.2) is 12.4 Å². The summed E-state index contributed by atoms with van der Waals surface area (Å²) < 4.78 is 0. The normalized spacial score (nSPS) is 10.2. The van der Waals surface area contributed by atoms with Gasteiger partial charge in [0.2, 0.25) is 0 Å². The quantitative estimate of drug-likeness (QED) is 0.802. The van der Waals surface area contributed by atoms with E-state index in [9.17, 15) is 4.79 Å². The molecule has 0 aliphatic carbocycles. The largest absolute Gasteiger partial charge is 0.360 e. The summed E-state index contributed by atoms with van der Waals surface area (Å²) in [5.41, 5.74) is 0.428. The summed E-state index contributed by atoms with van der Waals surface area (Å²) >= 11 is 0. The molecule has 5 heteroatoms. The van der Waals surface area contributed by atoms with Crippen molar-refractivity contribution in [2.75, 3.05) is 25.0 Å². The number of nitrogens with zero attached hydrogens (tertiary/aromatic N) is 3. The molecule has 1 amide bonds. The predicted molar refractivity (Wildman–Crippen MR) is 72.8 cm³/mol. The molecule has 1 rings (SSSR count). The molecule has 18 heavy (non-hydrogen) atoms. The molecule has 0 bridgehead atoms. The van der Waals surface area contributed by atoms with Gasteiger partial charge < -0.3 is 10.2 Å². The fraction of sp³-hybridized carbons (Fsp3) is 0.615. The topological polar surface area (TPSA) is 58.1 Å². The second kappa shape index (κ2) is 7.63. The smallest absolute Gasteiger partial charge is 0.270 e. The van der Waals surface area contributed by atoms with Crippen LogP contribution in [0.1, 0.15) is 43.6 Å². The minimum Gasteiger partial charge on any atom is -0.360 e. The molecule has 0 fully saturated rings. The van der Waals surface area contributed by atoms with E-state index in [2.05, 4.69) is 22.2 Å². The van der Waals surface area contributed by atoms with Crippen molar-refractivity contribution in [2.24, 2.45) is 0 Å². The number of hydrogen-bond acceptors (Lipinski definition) is 4. The first kappa shape index (κ1) is 14.4. The third kappa shape index (κ3) is 4.31. The minimum atomic E-state index is -0.135. The molecule has 100 valence electrons. The molecular formula is C13H22N4O. The highest BCUT2D eigenvalue weighted by Gasteiger charge is 2.09.